The summed E-state index contributed by atoms with van der Waals surface area (Å²) in [5.74, 6) is 1.25. The minimum Gasteiger partial charge on any atom is -0.306 e. The molecule has 0 aliphatic heterocycles. The second kappa shape index (κ2) is 7.65. The molecule has 4 nitrogen and oxygen atoms in total. The fraction of sp³-hybridized carbons (Fsp3) is 0.280. The van der Waals surface area contributed by atoms with Gasteiger partial charge in [-0.25, -0.2) is 9.97 Å². The van der Waals surface area contributed by atoms with E-state index >= 15 is 0 Å². The number of aryl methyl sites for hydroxylation is 1. The van der Waals surface area contributed by atoms with E-state index in [1.807, 2.05) is 54.9 Å². The molecule has 0 bridgehead atoms. The maximum atomic E-state index is 13.2. The van der Waals surface area contributed by atoms with Gasteiger partial charge in [0.05, 0.1) is 17.0 Å². The Morgan fingerprint density at radius 1 is 0.688 bits per heavy atom. The molecule has 4 heterocycles. The van der Waals surface area contributed by atoms with Crippen LogP contribution < -0.4 is 0 Å². The van der Waals surface area contributed by atoms with E-state index in [2.05, 4.69) is 19.9 Å². The molecular weight excluding hydrogens is 413 g/mol. The summed E-state index contributed by atoms with van der Waals surface area (Å²) < 4.78 is 43.2. The van der Waals surface area contributed by atoms with Gasteiger partial charge in [0, 0.05) is 29.2 Å². The van der Waals surface area contributed by atoms with Gasteiger partial charge in [-0.05, 0) is 76.6 Å². The zero-order valence-corrected chi connectivity index (χ0v) is 18.7. The summed E-state index contributed by atoms with van der Waals surface area (Å²) in [4.78, 5) is 9.61. The Morgan fingerprint density at radius 3 is 1.62 bits per heavy atom. The van der Waals surface area contributed by atoms with Gasteiger partial charge in [0.1, 0.15) is 11.6 Å². The first-order valence-electron chi connectivity index (χ1n) is 10.4. The third kappa shape index (κ3) is 3.72. The minimum absolute atomic E-state index is 0.110. The molecule has 0 aliphatic carbocycles. The van der Waals surface area contributed by atoms with Gasteiger partial charge in [-0.1, -0.05) is 12.1 Å². The van der Waals surface area contributed by atoms with Crippen LogP contribution in [0.25, 0.3) is 11.6 Å². The van der Waals surface area contributed by atoms with E-state index in [1.165, 1.54) is 23.3 Å². The highest BCUT2D eigenvalue weighted by molar-refractivity contribution is 5.40. The zero-order valence-electron chi connectivity index (χ0n) is 18.7. The Kier molecular flexibility index (Phi) is 5.23. The van der Waals surface area contributed by atoms with E-state index < -0.39 is 17.2 Å². The summed E-state index contributed by atoms with van der Waals surface area (Å²) in [7, 11) is 0. The van der Waals surface area contributed by atoms with Gasteiger partial charge in [0.2, 0.25) is 0 Å². The predicted molar refractivity (Wildman–Crippen MR) is 118 cm³/mol. The van der Waals surface area contributed by atoms with Gasteiger partial charge in [0.15, 0.2) is 0 Å². The summed E-state index contributed by atoms with van der Waals surface area (Å²) >= 11 is 0. The monoisotopic (exact) mass is 438 g/mol. The van der Waals surface area contributed by atoms with Crippen LogP contribution in [0.1, 0.15) is 47.8 Å². The number of pyridine rings is 2. The molecule has 7 heteroatoms. The molecule has 32 heavy (non-hydrogen) atoms. The van der Waals surface area contributed by atoms with E-state index in [1.54, 1.807) is 6.07 Å². The molecule has 0 saturated heterocycles. The summed E-state index contributed by atoms with van der Waals surface area (Å²) in [6, 6.07) is 14.4. The van der Waals surface area contributed by atoms with Crippen molar-refractivity contribution in [3.8, 4) is 11.6 Å². The molecule has 4 aromatic rings. The molecule has 0 N–H and O–H groups in total. The van der Waals surface area contributed by atoms with Crippen LogP contribution in [-0.2, 0) is 11.6 Å². The Bertz CT molecular complexity index is 1280. The zero-order chi connectivity index (χ0) is 23.3. The van der Waals surface area contributed by atoms with Crippen LogP contribution in [0, 0.1) is 20.8 Å². The van der Waals surface area contributed by atoms with Crippen molar-refractivity contribution in [3.05, 3.63) is 94.8 Å². The first-order chi connectivity index (χ1) is 15.0. The standard InChI is InChI=1S/C25H25F3N4/c1-16-12-14-31(17(16)2)22-10-6-8-20(29-22)24(4,5)21-9-7-11-23(30-21)32-15-13-19(18(32)3)25(26,27)28/h6-15H,1-5H3. The highest BCUT2D eigenvalue weighted by atomic mass is 19.4. The first kappa shape index (κ1) is 21.9. The molecule has 0 saturated carbocycles. The predicted octanol–water partition coefficient (Wildman–Crippen LogP) is 6.33. The third-order valence-electron chi connectivity index (χ3n) is 6.10. The van der Waals surface area contributed by atoms with E-state index in [9.17, 15) is 13.2 Å². The van der Waals surface area contributed by atoms with Crippen LogP contribution in [0.3, 0.4) is 0 Å². The van der Waals surface area contributed by atoms with E-state index in [4.69, 9.17) is 9.97 Å². The quantitative estimate of drug-likeness (QED) is 0.373. The molecule has 0 radical (unpaired) electrons. The number of alkyl halides is 3. The molecule has 0 aliphatic rings. The lowest BCUT2D eigenvalue weighted by molar-refractivity contribution is -0.138. The summed E-state index contributed by atoms with van der Waals surface area (Å²) in [6.45, 7) is 9.59. The topological polar surface area (TPSA) is 35.6 Å². The Labute approximate surface area is 185 Å². The molecule has 166 valence electrons. The van der Waals surface area contributed by atoms with E-state index in [0.29, 0.717) is 5.82 Å². The van der Waals surface area contributed by atoms with E-state index in [0.717, 1.165) is 29.0 Å². The third-order valence-corrected chi connectivity index (χ3v) is 6.10. The number of aromatic nitrogens is 4. The van der Waals surface area contributed by atoms with Crippen molar-refractivity contribution in [3.63, 3.8) is 0 Å². The molecule has 0 spiro atoms. The number of hydrogen-bond acceptors (Lipinski definition) is 2. The molecular formula is C25H25F3N4. The Hall–Kier alpha value is -3.35. The molecule has 0 aromatic carbocycles. The van der Waals surface area contributed by atoms with Crippen molar-refractivity contribution < 1.29 is 13.2 Å². The smallest absolute Gasteiger partial charge is 0.306 e. The van der Waals surface area contributed by atoms with Crippen molar-refractivity contribution in [2.45, 2.75) is 46.2 Å². The SMILES string of the molecule is Cc1ccn(-c2cccc(C(C)(C)c3cccc(-n4ccc(C(F)(F)F)c4C)n3)n2)c1C. The van der Waals surface area contributed by atoms with Gasteiger partial charge >= 0.3 is 6.18 Å². The average Bonchev–Trinajstić information content (AvgIpc) is 3.30. The van der Waals surface area contributed by atoms with Crippen LogP contribution in [0.5, 0.6) is 0 Å². The van der Waals surface area contributed by atoms with Crippen molar-refractivity contribution in [1.29, 1.82) is 0 Å². The van der Waals surface area contributed by atoms with Crippen LogP contribution in [0.4, 0.5) is 13.2 Å². The van der Waals surface area contributed by atoms with Crippen LogP contribution in [0.2, 0.25) is 0 Å². The summed E-state index contributed by atoms with van der Waals surface area (Å²) in [5.41, 5.74) is 2.75. The van der Waals surface area contributed by atoms with Crippen molar-refractivity contribution in [2.24, 2.45) is 0 Å². The Balaban J connectivity index is 1.74. The molecule has 0 fully saturated rings. The maximum absolute atomic E-state index is 13.2. The highest BCUT2D eigenvalue weighted by Crippen LogP contribution is 2.34. The number of hydrogen-bond donors (Lipinski definition) is 0. The van der Waals surface area contributed by atoms with E-state index in [-0.39, 0.29) is 5.69 Å². The van der Waals surface area contributed by atoms with Gasteiger partial charge in [-0.15, -0.1) is 0 Å². The molecule has 0 amide bonds. The molecule has 4 aromatic heterocycles. The van der Waals surface area contributed by atoms with Gasteiger partial charge < -0.3 is 9.13 Å². The van der Waals surface area contributed by atoms with Gasteiger partial charge in [-0.2, -0.15) is 13.2 Å². The summed E-state index contributed by atoms with van der Waals surface area (Å²) in [5, 5.41) is 0. The van der Waals surface area contributed by atoms with Crippen LogP contribution >= 0.6 is 0 Å². The number of halogens is 3. The Morgan fingerprint density at radius 2 is 1.19 bits per heavy atom. The lowest BCUT2D eigenvalue weighted by Gasteiger charge is -2.25. The van der Waals surface area contributed by atoms with Crippen molar-refractivity contribution in [1.82, 2.24) is 19.1 Å². The van der Waals surface area contributed by atoms with Gasteiger partial charge in [-0.3, -0.25) is 0 Å². The van der Waals surface area contributed by atoms with Crippen LogP contribution in [0.15, 0.2) is 60.9 Å². The first-order valence-corrected chi connectivity index (χ1v) is 10.4. The lowest BCUT2D eigenvalue weighted by Crippen LogP contribution is -2.23. The minimum atomic E-state index is -4.40. The van der Waals surface area contributed by atoms with Crippen LogP contribution in [-0.4, -0.2) is 19.1 Å². The lowest BCUT2D eigenvalue weighted by atomic mass is 9.84. The fourth-order valence-corrected chi connectivity index (χ4v) is 3.86. The van der Waals surface area contributed by atoms with Crippen molar-refractivity contribution in [2.75, 3.05) is 0 Å². The largest absolute Gasteiger partial charge is 0.418 e. The number of nitrogens with zero attached hydrogens (tertiary/aromatic N) is 4. The second-order valence-electron chi connectivity index (χ2n) is 8.52. The molecule has 0 unspecified atom stereocenters. The fourth-order valence-electron chi connectivity index (χ4n) is 3.86. The highest BCUT2D eigenvalue weighted by Gasteiger charge is 2.34. The summed E-state index contributed by atoms with van der Waals surface area (Å²) in [6.07, 6.45) is -0.992. The second-order valence-corrected chi connectivity index (χ2v) is 8.52. The van der Waals surface area contributed by atoms with Crippen molar-refractivity contribution >= 4 is 0 Å². The maximum Gasteiger partial charge on any atom is 0.418 e. The normalized spacial score (nSPS) is 12.4. The number of rotatable bonds is 4. The average molecular weight is 438 g/mol. The molecule has 4 rings (SSSR count). The molecule has 0 atom stereocenters. The van der Waals surface area contributed by atoms with Gasteiger partial charge in [0.25, 0.3) is 0 Å².